The molecule has 0 aliphatic heterocycles. The lowest BCUT2D eigenvalue weighted by Gasteiger charge is -2.24. The highest BCUT2D eigenvalue weighted by atomic mass is 16.4. The minimum absolute atomic E-state index is 0.199. The highest BCUT2D eigenvalue weighted by molar-refractivity contribution is 5.89. The van der Waals surface area contributed by atoms with Gasteiger partial charge in [0, 0.05) is 17.8 Å². The summed E-state index contributed by atoms with van der Waals surface area (Å²) in [6.45, 7) is 7.99. The molecule has 0 radical (unpaired) electrons. The number of hydrogen-bond donors (Lipinski definition) is 3. The Balaban J connectivity index is 1.90. The number of rotatable bonds is 7. The largest absolute Gasteiger partial charge is 0.441 e. The zero-order valence-corrected chi connectivity index (χ0v) is 15.3. The maximum atomic E-state index is 12.1. The standard InChI is InChI=1S/C19H27N3O3/c1-13(2)8-9-19(4,24)12-21-18(23)22-16-7-5-6-15(10-16)17-20-11-14(3)25-17/h5-7,10-11,13,24H,8-9,12H2,1-4H3,(H2,21,22,23). The van der Waals surface area contributed by atoms with Crippen molar-refractivity contribution in [2.45, 2.75) is 46.1 Å². The van der Waals surface area contributed by atoms with Gasteiger partial charge < -0.3 is 20.2 Å². The van der Waals surface area contributed by atoms with Gasteiger partial charge in [-0.1, -0.05) is 19.9 Å². The van der Waals surface area contributed by atoms with Crippen LogP contribution in [0.15, 0.2) is 34.9 Å². The number of urea groups is 1. The van der Waals surface area contributed by atoms with Crippen molar-refractivity contribution in [3.63, 3.8) is 0 Å². The second-order valence-electron chi connectivity index (χ2n) is 7.09. The van der Waals surface area contributed by atoms with Crippen molar-refractivity contribution >= 4 is 11.7 Å². The molecule has 136 valence electrons. The molecule has 6 nitrogen and oxygen atoms in total. The first-order valence-electron chi connectivity index (χ1n) is 8.55. The van der Waals surface area contributed by atoms with E-state index in [9.17, 15) is 9.90 Å². The molecule has 0 fully saturated rings. The molecule has 0 spiro atoms. The fourth-order valence-corrected chi connectivity index (χ4v) is 2.35. The van der Waals surface area contributed by atoms with Crippen LogP contribution in [0.3, 0.4) is 0 Å². The van der Waals surface area contributed by atoms with Crippen molar-refractivity contribution in [3.8, 4) is 11.5 Å². The minimum atomic E-state index is -0.918. The molecule has 0 aliphatic carbocycles. The summed E-state index contributed by atoms with van der Waals surface area (Å²) in [6.07, 6.45) is 3.21. The van der Waals surface area contributed by atoms with Crippen LogP contribution < -0.4 is 10.6 Å². The molecule has 6 heteroatoms. The molecule has 2 amide bonds. The SMILES string of the molecule is Cc1cnc(-c2cccc(NC(=O)NCC(C)(O)CCC(C)C)c2)o1. The van der Waals surface area contributed by atoms with Crippen molar-refractivity contribution in [2.24, 2.45) is 5.92 Å². The molecule has 0 aliphatic rings. The van der Waals surface area contributed by atoms with Gasteiger partial charge >= 0.3 is 6.03 Å². The number of aryl methyl sites for hydroxylation is 1. The Labute approximate surface area is 148 Å². The third-order valence-electron chi connectivity index (χ3n) is 3.88. The topological polar surface area (TPSA) is 87.4 Å². The highest BCUT2D eigenvalue weighted by Gasteiger charge is 2.21. The molecule has 1 aromatic heterocycles. The maximum absolute atomic E-state index is 12.1. The lowest BCUT2D eigenvalue weighted by molar-refractivity contribution is 0.0481. The highest BCUT2D eigenvalue weighted by Crippen LogP contribution is 2.22. The summed E-state index contributed by atoms with van der Waals surface area (Å²) in [5.41, 5.74) is 0.501. The number of nitrogens with zero attached hydrogens (tertiary/aromatic N) is 1. The van der Waals surface area contributed by atoms with Crippen LogP contribution in [0.2, 0.25) is 0 Å². The third kappa shape index (κ3) is 6.23. The molecule has 1 aromatic carbocycles. The van der Waals surface area contributed by atoms with Crippen molar-refractivity contribution in [2.75, 3.05) is 11.9 Å². The summed E-state index contributed by atoms with van der Waals surface area (Å²) in [7, 11) is 0. The first-order valence-corrected chi connectivity index (χ1v) is 8.55. The normalized spacial score (nSPS) is 13.5. The molecule has 0 saturated carbocycles. The smallest absolute Gasteiger partial charge is 0.319 e. The number of carbonyl (C=O) groups excluding carboxylic acids is 1. The van der Waals surface area contributed by atoms with Crippen molar-refractivity contribution < 1.29 is 14.3 Å². The molecule has 0 bridgehead atoms. The Morgan fingerprint density at radius 3 is 2.80 bits per heavy atom. The van der Waals surface area contributed by atoms with Crippen LogP contribution in [0, 0.1) is 12.8 Å². The van der Waals surface area contributed by atoms with Gasteiger partial charge in [0.25, 0.3) is 0 Å². The Morgan fingerprint density at radius 1 is 1.40 bits per heavy atom. The number of nitrogens with one attached hydrogen (secondary N) is 2. The molecule has 0 saturated heterocycles. The Kier molecular flexibility index (Phi) is 6.20. The molecular weight excluding hydrogens is 318 g/mol. The van der Waals surface area contributed by atoms with E-state index in [1.165, 1.54) is 0 Å². The molecular formula is C19H27N3O3. The van der Waals surface area contributed by atoms with Gasteiger partial charge in [-0.25, -0.2) is 9.78 Å². The van der Waals surface area contributed by atoms with E-state index >= 15 is 0 Å². The number of aliphatic hydroxyl groups is 1. The first-order chi connectivity index (χ1) is 11.7. The van der Waals surface area contributed by atoms with E-state index in [2.05, 4.69) is 29.5 Å². The van der Waals surface area contributed by atoms with E-state index in [4.69, 9.17) is 4.42 Å². The number of carbonyl (C=O) groups is 1. The fourth-order valence-electron chi connectivity index (χ4n) is 2.35. The van der Waals surface area contributed by atoms with Crippen LogP contribution in [-0.2, 0) is 0 Å². The molecule has 1 atom stereocenters. The number of oxazole rings is 1. The van der Waals surface area contributed by atoms with Gasteiger partial charge in [-0.3, -0.25) is 0 Å². The molecule has 2 aromatic rings. The van der Waals surface area contributed by atoms with E-state index < -0.39 is 5.60 Å². The van der Waals surface area contributed by atoms with Crippen LogP contribution in [0.25, 0.3) is 11.5 Å². The van der Waals surface area contributed by atoms with Crippen molar-refractivity contribution in [1.82, 2.24) is 10.3 Å². The summed E-state index contributed by atoms with van der Waals surface area (Å²) in [6, 6.07) is 6.91. The Morgan fingerprint density at radius 2 is 2.16 bits per heavy atom. The second kappa shape index (κ2) is 8.16. The monoisotopic (exact) mass is 345 g/mol. The van der Waals surface area contributed by atoms with Crippen LogP contribution in [0.5, 0.6) is 0 Å². The molecule has 1 heterocycles. The van der Waals surface area contributed by atoms with Crippen LogP contribution in [0.1, 0.15) is 39.4 Å². The summed E-state index contributed by atoms with van der Waals surface area (Å²) in [5, 5.41) is 15.8. The van der Waals surface area contributed by atoms with Crippen LogP contribution in [0.4, 0.5) is 10.5 Å². The predicted octanol–water partition coefficient (Wildman–Crippen LogP) is 3.96. The quantitative estimate of drug-likeness (QED) is 0.709. The van der Waals surface area contributed by atoms with E-state index in [0.717, 1.165) is 17.7 Å². The number of hydrogen-bond acceptors (Lipinski definition) is 4. The summed E-state index contributed by atoms with van der Waals surface area (Å²) in [4.78, 5) is 16.3. The molecule has 2 rings (SSSR count). The summed E-state index contributed by atoms with van der Waals surface area (Å²) >= 11 is 0. The second-order valence-corrected chi connectivity index (χ2v) is 7.09. The zero-order chi connectivity index (χ0) is 18.4. The minimum Gasteiger partial charge on any atom is -0.441 e. The van der Waals surface area contributed by atoms with Crippen molar-refractivity contribution in [1.29, 1.82) is 0 Å². The number of amides is 2. The Bertz CT molecular complexity index is 707. The number of aromatic nitrogens is 1. The summed E-state index contributed by atoms with van der Waals surface area (Å²) in [5.74, 6) is 1.76. The van der Waals surface area contributed by atoms with E-state index in [0.29, 0.717) is 23.9 Å². The van der Waals surface area contributed by atoms with Gasteiger partial charge in [0.1, 0.15) is 5.76 Å². The average Bonchev–Trinajstić information content (AvgIpc) is 2.98. The van der Waals surface area contributed by atoms with Crippen molar-refractivity contribution in [3.05, 3.63) is 36.2 Å². The lowest BCUT2D eigenvalue weighted by Crippen LogP contribution is -2.42. The van der Waals surface area contributed by atoms with E-state index in [-0.39, 0.29) is 12.6 Å². The Hall–Kier alpha value is -2.34. The molecule has 1 unspecified atom stereocenters. The van der Waals surface area contributed by atoms with E-state index in [1.807, 2.05) is 19.1 Å². The van der Waals surface area contributed by atoms with Gasteiger partial charge in [0.15, 0.2) is 0 Å². The van der Waals surface area contributed by atoms with Crippen LogP contribution >= 0.6 is 0 Å². The van der Waals surface area contributed by atoms with Crippen LogP contribution in [-0.4, -0.2) is 28.3 Å². The lowest BCUT2D eigenvalue weighted by atomic mass is 9.95. The van der Waals surface area contributed by atoms with Gasteiger partial charge in [0.2, 0.25) is 5.89 Å². The van der Waals surface area contributed by atoms with Gasteiger partial charge in [-0.2, -0.15) is 0 Å². The van der Waals surface area contributed by atoms with Gasteiger partial charge in [-0.05, 0) is 50.8 Å². The number of benzene rings is 1. The van der Waals surface area contributed by atoms with Gasteiger partial charge in [0.05, 0.1) is 11.8 Å². The summed E-state index contributed by atoms with van der Waals surface area (Å²) < 4.78 is 5.50. The van der Waals surface area contributed by atoms with Gasteiger partial charge in [-0.15, -0.1) is 0 Å². The zero-order valence-electron chi connectivity index (χ0n) is 15.3. The average molecular weight is 345 g/mol. The number of anilines is 1. The third-order valence-corrected chi connectivity index (χ3v) is 3.88. The fraction of sp³-hybridized carbons (Fsp3) is 0.474. The molecule has 3 N–H and O–H groups in total. The molecule has 25 heavy (non-hydrogen) atoms. The maximum Gasteiger partial charge on any atom is 0.319 e. The first kappa shape index (κ1) is 19.0. The van der Waals surface area contributed by atoms with E-state index in [1.54, 1.807) is 25.3 Å². The predicted molar refractivity (Wildman–Crippen MR) is 98.4 cm³/mol.